The van der Waals surface area contributed by atoms with E-state index in [-0.39, 0.29) is 11.8 Å². The van der Waals surface area contributed by atoms with Gasteiger partial charge in [-0.3, -0.25) is 14.6 Å². The van der Waals surface area contributed by atoms with Gasteiger partial charge in [0.25, 0.3) is 11.8 Å². The summed E-state index contributed by atoms with van der Waals surface area (Å²) in [6.45, 7) is 4.12. The molecular weight excluding hydrogens is 322 g/mol. The summed E-state index contributed by atoms with van der Waals surface area (Å²) in [7, 11) is 0. The Hall–Kier alpha value is -2.21. The van der Waals surface area contributed by atoms with Crippen LogP contribution in [0.2, 0.25) is 0 Å². The number of hydrogen-bond acceptors (Lipinski definition) is 4. The highest BCUT2D eigenvalue weighted by atomic mass is 32.1. The fraction of sp³-hybridized carbons (Fsp3) is 0.389. The molecule has 0 atom stereocenters. The molecule has 0 bridgehead atoms. The van der Waals surface area contributed by atoms with Crippen LogP contribution in [0.5, 0.6) is 0 Å². The van der Waals surface area contributed by atoms with Gasteiger partial charge >= 0.3 is 0 Å². The number of carbonyl (C=O) groups is 2. The van der Waals surface area contributed by atoms with E-state index in [1.165, 1.54) is 11.3 Å². The van der Waals surface area contributed by atoms with Gasteiger partial charge in [-0.2, -0.15) is 0 Å². The highest BCUT2D eigenvalue weighted by molar-refractivity contribution is 7.12. The van der Waals surface area contributed by atoms with Crippen LogP contribution in [0.15, 0.2) is 36.0 Å². The monoisotopic (exact) mass is 343 g/mol. The van der Waals surface area contributed by atoms with Crippen LogP contribution < -0.4 is 5.32 Å². The molecule has 0 aliphatic carbocycles. The topological polar surface area (TPSA) is 62.3 Å². The highest BCUT2D eigenvalue weighted by Crippen LogP contribution is 2.19. The van der Waals surface area contributed by atoms with Crippen molar-refractivity contribution in [2.45, 2.75) is 19.8 Å². The maximum absolute atomic E-state index is 12.4. The molecule has 126 valence electrons. The summed E-state index contributed by atoms with van der Waals surface area (Å²) in [5, 5.41) is 5.00. The molecule has 2 aromatic heterocycles. The van der Waals surface area contributed by atoms with Crippen LogP contribution in [0.1, 0.15) is 38.4 Å². The lowest BCUT2D eigenvalue weighted by Gasteiger charge is -2.32. The van der Waals surface area contributed by atoms with Crippen LogP contribution in [-0.2, 0) is 0 Å². The standard InChI is InChI=1S/C18H21N3O2S/c1-13-9-16(24-12-13)17(22)20-10-14-4-7-21(8-5-14)18(23)15-3-2-6-19-11-15/h2-3,6,9,11-12,14H,4-5,7-8,10H2,1H3,(H,20,22). The molecule has 0 saturated carbocycles. The molecule has 1 N–H and O–H groups in total. The second kappa shape index (κ2) is 7.57. The highest BCUT2D eigenvalue weighted by Gasteiger charge is 2.24. The molecule has 2 amide bonds. The lowest BCUT2D eigenvalue weighted by Crippen LogP contribution is -2.41. The summed E-state index contributed by atoms with van der Waals surface area (Å²) in [6, 6.07) is 5.49. The zero-order valence-corrected chi connectivity index (χ0v) is 14.5. The first-order valence-electron chi connectivity index (χ1n) is 8.16. The Bertz CT molecular complexity index is 706. The molecule has 1 fully saturated rings. The van der Waals surface area contributed by atoms with Crippen molar-refractivity contribution < 1.29 is 9.59 Å². The lowest BCUT2D eigenvalue weighted by molar-refractivity contribution is 0.0684. The first-order chi connectivity index (χ1) is 11.6. The van der Waals surface area contributed by atoms with Gasteiger partial charge in [0, 0.05) is 32.0 Å². The van der Waals surface area contributed by atoms with Crippen LogP contribution in [-0.4, -0.2) is 41.3 Å². The number of nitrogens with one attached hydrogen (secondary N) is 1. The van der Waals surface area contributed by atoms with Crippen molar-refractivity contribution in [1.29, 1.82) is 0 Å². The number of aromatic nitrogens is 1. The fourth-order valence-electron chi connectivity index (χ4n) is 2.89. The third kappa shape index (κ3) is 4.00. The van der Waals surface area contributed by atoms with Gasteiger partial charge in [0.2, 0.25) is 0 Å². The zero-order valence-electron chi connectivity index (χ0n) is 13.7. The Balaban J connectivity index is 1.45. The molecule has 1 saturated heterocycles. The summed E-state index contributed by atoms with van der Waals surface area (Å²) >= 11 is 1.48. The van der Waals surface area contributed by atoms with Gasteiger partial charge in [0.05, 0.1) is 10.4 Å². The molecule has 0 aromatic carbocycles. The molecular formula is C18H21N3O2S. The molecule has 0 unspecified atom stereocenters. The quantitative estimate of drug-likeness (QED) is 0.928. The second-order valence-corrected chi connectivity index (χ2v) is 7.09. The van der Waals surface area contributed by atoms with Crippen LogP contribution >= 0.6 is 11.3 Å². The minimum atomic E-state index is 0.00182. The van der Waals surface area contributed by atoms with E-state index >= 15 is 0 Å². The lowest BCUT2D eigenvalue weighted by atomic mass is 9.96. The molecule has 1 aliphatic rings. The van der Waals surface area contributed by atoms with Crippen LogP contribution in [0.25, 0.3) is 0 Å². The number of thiophene rings is 1. The van der Waals surface area contributed by atoms with Crippen molar-refractivity contribution >= 4 is 23.2 Å². The van der Waals surface area contributed by atoms with Gasteiger partial charge in [0.1, 0.15) is 0 Å². The smallest absolute Gasteiger partial charge is 0.261 e. The van der Waals surface area contributed by atoms with E-state index in [4.69, 9.17) is 0 Å². The number of rotatable bonds is 4. The van der Waals surface area contributed by atoms with Crippen molar-refractivity contribution in [1.82, 2.24) is 15.2 Å². The number of nitrogens with zero attached hydrogens (tertiary/aromatic N) is 2. The van der Waals surface area contributed by atoms with Crippen molar-refractivity contribution in [3.63, 3.8) is 0 Å². The molecule has 5 nitrogen and oxygen atoms in total. The summed E-state index contributed by atoms with van der Waals surface area (Å²) in [6.07, 6.45) is 5.10. The van der Waals surface area contributed by atoms with Crippen LogP contribution in [0, 0.1) is 12.8 Å². The first kappa shape index (κ1) is 16.6. The van der Waals surface area contributed by atoms with Crippen molar-refractivity contribution in [3.8, 4) is 0 Å². The maximum atomic E-state index is 12.4. The van der Waals surface area contributed by atoms with E-state index < -0.39 is 0 Å². The van der Waals surface area contributed by atoms with Gasteiger partial charge in [-0.05, 0) is 54.8 Å². The zero-order chi connectivity index (χ0) is 16.9. The Labute approximate surface area is 145 Å². The van der Waals surface area contributed by atoms with E-state index in [1.807, 2.05) is 23.3 Å². The van der Waals surface area contributed by atoms with Gasteiger partial charge in [0.15, 0.2) is 0 Å². The predicted octanol–water partition coefficient (Wildman–Crippen LogP) is 2.73. The average molecular weight is 343 g/mol. The van der Waals surface area contributed by atoms with Gasteiger partial charge < -0.3 is 10.2 Å². The van der Waals surface area contributed by atoms with Crippen molar-refractivity contribution in [3.05, 3.63) is 52.0 Å². The first-order valence-corrected chi connectivity index (χ1v) is 9.04. The van der Waals surface area contributed by atoms with Gasteiger partial charge in [-0.1, -0.05) is 0 Å². The van der Waals surface area contributed by atoms with E-state index in [0.29, 0.717) is 18.0 Å². The maximum Gasteiger partial charge on any atom is 0.261 e. The minimum absolute atomic E-state index is 0.00182. The fourth-order valence-corrected chi connectivity index (χ4v) is 3.70. The largest absolute Gasteiger partial charge is 0.351 e. The second-order valence-electron chi connectivity index (χ2n) is 6.18. The van der Waals surface area contributed by atoms with Crippen molar-refractivity contribution in [2.75, 3.05) is 19.6 Å². The number of aryl methyl sites for hydroxylation is 1. The Kier molecular flexibility index (Phi) is 5.25. The Morgan fingerprint density at radius 2 is 2.17 bits per heavy atom. The molecule has 0 radical (unpaired) electrons. The molecule has 1 aliphatic heterocycles. The van der Waals surface area contributed by atoms with E-state index in [1.54, 1.807) is 24.5 Å². The minimum Gasteiger partial charge on any atom is -0.351 e. The average Bonchev–Trinajstić information content (AvgIpc) is 3.07. The number of hydrogen-bond donors (Lipinski definition) is 1. The Morgan fingerprint density at radius 1 is 1.38 bits per heavy atom. The third-order valence-electron chi connectivity index (χ3n) is 4.32. The van der Waals surface area contributed by atoms with Gasteiger partial charge in [-0.25, -0.2) is 0 Å². The normalized spacial score (nSPS) is 15.3. The van der Waals surface area contributed by atoms with Gasteiger partial charge in [-0.15, -0.1) is 11.3 Å². The molecule has 0 spiro atoms. The Morgan fingerprint density at radius 3 is 2.79 bits per heavy atom. The van der Waals surface area contributed by atoms with Crippen LogP contribution in [0.4, 0.5) is 0 Å². The molecule has 3 heterocycles. The molecule has 2 aromatic rings. The summed E-state index contributed by atoms with van der Waals surface area (Å²) in [5.41, 5.74) is 1.75. The van der Waals surface area contributed by atoms with E-state index in [9.17, 15) is 9.59 Å². The van der Waals surface area contributed by atoms with Crippen molar-refractivity contribution in [2.24, 2.45) is 5.92 Å². The predicted molar refractivity (Wildman–Crippen MR) is 94.3 cm³/mol. The van der Waals surface area contributed by atoms with E-state index in [2.05, 4.69) is 10.3 Å². The number of likely N-dealkylation sites (tertiary alicyclic amines) is 1. The summed E-state index contributed by atoms with van der Waals surface area (Å²) in [4.78, 5) is 31.1. The number of amides is 2. The molecule has 3 rings (SSSR count). The summed E-state index contributed by atoms with van der Waals surface area (Å²) < 4.78 is 0. The third-order valence-corrected chi connectivity index (χ3v) is 5.36. The summed E-state index contributed by atoms with van der Waals surface area (Å²) in [5.74, 6) is 0.467. The van der Waals surface area contributed by atoms with E-state index in [0.717, 1.165) is 36.4 Å². The number of carbonyl (C=O) groups excluding carboxylic acids is 2. The SMILES string of the molecule is Cc1csc(C(=O)NCC2CCN(C(=O)c3cccnc3)CC2)c1. The number of pyridine rings is 1. The molecule has 6 heteroatoms. The van der Waals surface area contributed by atoms with Crippen LogP contribution in [0.3, 0.4) is 0 Å². The number of piperidine rings is 1. The molecule has 24 heavy (non-hydrogen) atoms.